The molecule has 2 aromatic rings. The summed E-state index contributed by atoms with van der Waals surface area (Å²) in [6, 6.07) is 7.08. The molecular formula is C13H8ClFN4O4. The quantitative estimate of drug-likeness (QED) is 0.507. The third kappa shape index (κ3) is 3.77. The molecule has 0 fully saturated rings. The molecule has 0 saturated carbocycles. The highest BCUT2D eigenvalue weighted by Crippen LogP contribution is 2.29. The van der Waals surface area contributed by atoms with Gasteiger partial charge in [-0.1, -0.05) is 17.7 Å². The molecule has 0 aromatic heterocycles. The fraction of sp³-hybridized carbons (Fsp3) is 0. The predicted molar refractivity (Wildman–Crippen MR) is 82.4 cm³/mol. The molecule has 10 heteroatoms. The maximum absolute atomic E-state index is 13.5. The van der Waals surface area contributed by atoms with Crippen molar-refractivity contribution < 1.29 is 14.2 Å². The molecule has 8 nitrogen and oxygen atoms in total. The van der Waals surface area contributed by atoms with E-state index in [-0.39, 0.29) is 16.3 Å². The number of hydrogen-bond acceptors (Lipinski definition) is 6. The minimum absolute atomic E-state index is 0.00577. The second-order valence-electron chi connectivity index (χ2n) is 4.22. The van der Waals surface area contributed by atoms with Gasteiger partial charge in [0, 0.05) is 11.6 Å². The summed E-state index contributed by atoms with van der Waals surface area (Å²) in [7, 11) is 0. The first kappa shape index (κ1) is 16.3. The van der Waals surface area contributed by atoms with Gasteiger partial charge in [0.1, 0.15) is 11.5 Å². The van der Waals surface area contributed by atoms with Crippen molar-refractivity contribution in [2.75, 3.05) is 5.43 Å². The van der Waals surface area contributed by atoms with Crippen molar-refractivity contribution in [3.63, 3.8) is 0 Å². The van der Waals surface area contributed by atoms with Gasteiger partial charge in [0.2, 0.25) is 0 Å². The third-order valence-electron chi connectivity index (χ3n) is 2.77. The van der Waals surface area contributed by atoms with E-state index in [1.165, 1.54) is 18.2 Å². The summed E-state index contributed by atoms with van der Waals surface area (Å²) in [5, 5.41) is 25.4. The Labute approximate surface area is 133 Å². The first-order valence-electron chi connectivity index (χ1n) is 6.06. The van der Waals surface area contributed by atoms with Crippen LogP contribution in [-0.2, 0) is 0 Å². The van der Waals surface area contributed by atoms with E-state index in [1.54, 1.807) is 0 Å². The van der Waals surface area contributed by atoms with Gasteiger partial charge in [0.05, 0.1) is 27.2 Å². The van der Waals surface area contributed by atoms with E-state index in [2.05, 4.69) is 10.5 Å². The number of anilines is 1. The third-order valence-corrected chi connectivity index (χ3v) is 3.10. The number of hydrazone groups is 1. The Morgan fingerprint density at radius 2 is 1.91 bits per heavy atom. The summed E-state index contributed by atoms with van der Waals surface area (Å²) in [6.07, 6.45) is 1.06. The summed E-state index contributed by atoms with van der Waals surface area (Å²) in [6.45, 7) is 0. The molecule has 0 unspecified atom stereocenters. The van der Waals surface area contributed by atoms with Gasteiger partial charge in [-0.3, -0.25) is 25.7 Å². The van der Waals surface area contributed by atoms with Crippen LogP contribution in [0.15, 0.2) is 41.5 Å². The van der Waals surface area contributed by atoms with E-state index < -0.39 is 27.0 Å². The Morgan fingerprint density at radius 1 is 1.17 bits per heavy atom. The molecule has 118 valence electrons. The van der Waals surface area contributed by atoms with Crippen LogP contribution in [0.25, 0.3) is 0 Å². The molecule has 23 heavy (non-hydrogen) atoms. The van der Waals surface area contributed by atoms with E-state index in [0.717, 1.165) is 24.4 Å². The molecule has 0 aliphatic carbocycles. The van der Waals surface area contributed by atoms with Crippen molar-refractivity contribution in [2.24, 2.45) is 5.10 Å². The fourth-order valence-corrected chi connectivity index (χ4v) is 1.89. The molecule has 0 aliphatic heterocycles. The van der Waals surface area contributed by atoms with Crippen LogP contribution in [0.3, 0.4) is 0 Å². The lowest BCUT2D eigenvalue weighted by Crippen LogP contribution is -1.99. The second-order valence-corrected chi connectivity index (χ2v) is 4.63. The van der Waals surface area contributed by atoms with Crippen molar-refractivity contribution in [2.45, 2.75) is 0 Å². The van der Waals surface area contributed by atoms with Gasteiger partial charge in [-0.05, 0) is 18.2 Å². The molecule has 0 amide bonds. The number of nitrogens with zero attached hydrogens (tertiary/aromatic N) is 3. The lowest BCUT2D eigenvalue weighted by atomic mass is 10.2. The number of nitro groups is 2. The summed E-state index contributed by atoms with van der Waals surface area (Å²) >= 11 is 5.81. The number of nitro benzene ring substituents is 2. The summed E-state index contributed by atoms with van der Waals surface area (Å²) in [5.74, 6) is -0.610. The summed E-state index contributed by atoms with van der Waals surface area (Å²) in [4.78, 5) is 20.0. The Morgan fingerprint density at radius 3 is 2.52 bits per heavy atom. The molecule has 1 N–H and O–H groups in total. The maximum atomic E-state index is 13.5. The van der Waals surface area contributed by atoms with Gasteiger partial charge in [-0.25, -0.2) is 4.39 Å². The van der Waals surface area contributed by atoms with E-state index in [0.29, 0.717) is 0 Å². The van der Waals surface area contributed by atoms with E-state index in [1.807, 2.05) is 0 Å². The van der Waals surface area contributed by atoms with Crippen LogP contribution in [-0.4, -0.2) is 16.1 Å². The first-order valence-corrected chi connectivity index (χ1v) is 6.44. The van der Waals surface area contributed by atoms with Crippen LogP contribution in [0.2, 0.25) is 5.02 Å². The van der Waals surface area contributed by atoms with E-state index in [4.69, 9.17) is 11.6 Å². The van der Waals surface area contributed by atoms with Gasteiger partial charge >= 0.3 is 5.69 Å². The van der Waals surface area contributed by atoms with Gasteiger partial charge in [-0.2, -0.15) is 5.10 Å². The van der Waals surface area contributed by atoms with E-state index in [9.17, 15) is 24.6 Å². The monoisotopic (exact) mass is 338 g/mol. The molecule has 2 rings (SSSR count). The fourth-order valence-electron chi connectivity index (χ4n) is 1.68. The number of benzene rings is 2. The number of hydrogen-bond donors (Lipinski definition) is 1. The van der Waals surface area contributed by atoms with Crippen molar-refractivity contribution in [3.05, 3.63) is 73.0 Å². The molecular weight excluding hydrogens is 331 g/mol. The van der Waals surface area contributed by atoms with Crippen LogP contribution in [0.1, 0.15) is 5.56 Å². The zero-order chi connectivity index (χ0) is 17.0. The average Bonchev–Trinajstić information content (AvgIpc) is 2.50. The number of non-ortho nitro benzene ring substituents is 1. The zero-order valence-electron chi connectivity index (χ0n) is 11.3. The molecule has 0 bridgehead atoms. The minimum Gasteiger partial charge on any atom is -0.272 e. The van der Waals surface area contributed by atoms with Crippen molar-refractivity contribution >= 4 is 34.9 Å². The average molecular weight is 339 g/mol. The molecule has 0 atom stereocenters. The highest BCUT2D eigenvalue weighted by molar-refractivity contribution is 6.33. The van der Waals surface area contributed by atoms with Crippen LogP contribution in [0.5, 0.6) is 0 Å². The lowest BCUT2D eigenvalue weighted by molar-refractivity contribution is -0.393. The van der Waals surface area contributed by atoms with E-state index >= 15 is 0 Å². The Balaban J connectivity index is 2.28. The van der Waals surface area contributed by atoms with Gasteiger partial charge in [0.15, 0.2) is 0 Å². The number of nitrogens with one attached hydrogen (secondary N) is 1. The highest BCUT2D eigenvalue weighted by atomic mass is 35.5. The molecule has 0 aliphatic rings. The maximum Gasteiger partial charge on any atom is 0.301 e. The van der Waals surface area contributed by atoms with Crippen molar-refractivity contribution in [1.29, 1.82) is 0 Å². The Hall–Kier alpha value is -3.07. The largest absolute Gasteiger partial charge is 0.301 e. The molecule has 0 radical (unpaired) electrons. The number of rotatable bonds is 5. The van der Waals surface area contributed by atoms with Crippen LogP contribution >= 0.6 is 11.6 Å². The predicted octanol–water partition coefficient (Wildman–Crippen LogP) is 3.74. The lowest BCUT2D eigenvalue weighted by Gasteiger charge is -2.03. The highest BCUT2D eigenvalue weighted by Gasteiger charge is 2.19. The van der Waals surface area contributed by atoms with Crippen LogP contribution in [0, 0.1) is 26.0 Å². The Kier molecular flexibility index (Phi) is 4.82. The standard InChI is InChI=1S/C13H8ClFN4O4/c14-10-2-1-3-11(15)9(10)7-16-17-12-5-4-8(18(20)21)6-13(12)19(22)23/h1-7,17H. The van der Waals surface area contributed by atoms with Gasteiger partial charge in [0.25, 0.3) is 5.69 Å². The Bertz CT molecular complexity index is 792. The molecule has 2 aromatic carbocycles. The molecule has 0 heterocycles. The van der Waals surface area contributed by atoms with Crippen LogP contribution < -0.4 is 5.43 Å². The normalized spacial score (nSPS) is 10.7. The van der Waals surface area contributed by atoms with Gasteiger partial charge in [-0.15, -0.1) is 0 Å². The first-order chi connectivity index (χ1) is 10.9. The zero-order valence-corrected chi connectivity index (χ0v) is 12.0. The number of halogens is 2. The molecule has 0 saturated heterocycles. The topological polar surface area (TPSA) is 111 Å². The SMILES string of the molecule is O=[N+]([O-])c1ccc(NN=Cc2c(F)cccc2Cl)c([N+](=O)[O-])c1. The second kappa shape index (κ2) is 6.79. The van der Waals surface area contributed by atoms with Crippen LogP contribution in [0.4, 0.5) is 21.5 Å². The molecule has 0 spiro atoms. The van der Waals surface area contributed by atoms with Gasteiger partial charge < -0.3 is 0 Å². The minimum atomic E-state index is -0.791. The van der Waals surface area contributed by atoms with Crippen molar-refractivity contribution in [1.82, 2.24) is 0 Å². The summed E-state index contributed by atoms with van der Waals surface area (Å²) < 4.78 is 13.5. The van der Waals surface area contributed by atoms with Crippen molar-refractivity contribution in [3.8, 4) is 0 Å². The summed E-state index contributed by atoms with van der Waals surface area (Å²) in [5.41, 5.74) is 1.31. The smallest absolute Gasteiger partial charge is 0.272 e.